The zero-order valence-corrected chi connectivity index (χ0v) is 13.6. The van der Waals surface area contributed by atoms with E-state index in [9.17, 15) is 4.79 Å². The number of ether oxygens (including phenoxy) is 1. The fraction of sp³-hybridized carbons (Fsp3) is 0.0588. The molecule has 0 atom stereocenters. The zero-order chi connectivity index (χ0) is 17.6. The Bertz CT molecular complexity index is 931. The first kappa shape index (κ1) is 16.5. The zero-order valence-electron chi connectivity index (χ0n) is 12.9. The van der Waals surface area contributed by atoms with Crippen LogP contribution in [0.2, 0.25) is 5.02 Å². The van der Waals surface area contributed by atoms with Crippen LogP contribution in [-0.4, -0.2) is 20.7 Å². The van der Waals surface area contributed by atoms with Crippen LogP contribution >= 0.6 is 11.6 Å². The van der Waals surface area contributed by atoms with Gasteiger partial charge in [-0.15, -0.1) is 10.2 Å². The van der Waals surface area contributed by atoms with E-state index in [4.69, 9.17) is 21.6 Å². The van der Waals surface area contributed by atoms with Gasteiger partial charge in [-0.05, 0) is 36.4 Å². The molecule has 1 N–H and O–H groups in total. The van der Waals surface area contributed by atoms with Crippen LogP contribution in [0.4, 0.5) is 5.69 Å². The molecule has 7 nitrogen and oxygen atoms in total. The first-order valence-corrected chi connectivity index (χ1v) is 7.64. The van der Waals surface area contributed by atoms with Crippen molar-refractivity contribution in [2.75, 3.05) is 5.32 Å². The summed E-state index contributed by atoms with van der Waals surface area (Å²) in [6.07, 6.45) is 1.33. The van der Waals surface area contributed by atoms with Crippen LogP contribution < -0.4 is 10.1 Å². The number of nitrogens with one attached hydrogen (secondary N) is 1. The Morgan fingerprint density at radius 1 is 1.24 bits per heavy atom. The number of aromatic nitrogens is 3. The highest BCUT2D eigenvalue weighted by Gasteiger charge is 2.09. The summed E-state index contributed by atoms with van der Waals surface area (Å²) in [5.41, 5.74) is 0.600. The summed E-state index contributed by atoms with van der Waals surface area (Å²) >= 11 is 6.05. The molecule has 1 amide bonds. The molecule has 0 saturated heterocycles. The van der Waals surface area contributed by atoms with Gasteiger partial charge in [0.15, 0.2) is 0 Å². The molecule has 0 bridgehead atoms. The molecular weight excluding hydrogens is 342 g/mol. The van der Waals surface area contributed by atoms with Gasteiger partial charge >= 0.3 is 0 Å². The van der Waals surface area contributed by atoms with Gasteiger partial charge in [0.1, 0.15) is 30.4 Å². The van der Waals surface area contributed by atoms with E-state index in [1.807, 2.05) is 18.2 Å². The van der Waals surface area contributed by atoms with Gasteiger partial charge in [0.05, 0.1) is 5.02 Å². The molecule has 0 unspecified atom stereocenters. The smallest absolute Gasteiger partial charge is 0.244 e. The highest BCUT2D eigenvalue weighted by Crippen LogP contribution is 2.29. The van der Waals surface area contributed by atoms with E-state index in [-0.39, 0.29) is 18.3 Å². The van der Waals surface area contributed by atoms with Crippen molar-refractivity contribution in [1.29, 1.82) is 5.26 Å². The quantitative estimate of drug-likeness (QED) is 0.760. The van der Waals surface area contributed by atoms with Crippen LogP contribution in [0.3, 0.4) is 0 Å². The summed E-state index contributed by atoms with van der Waals surface area (Å²) in [6.45, 7) is -0.0478. The van der Waals surface area contributed by atoms with Crippen LogP contribution in [0.5, 0.6) is 11.5 Å². The molecule has 1 aromatic heterocycles. The van der Waals surface area contributed by atoms with Gasteiger partial charge < -0.3 is 10.1 Å². The number of nitrogens with zero attached hydrogens (tertiary/aromatic N) is 4. The number of amides is 1. The maximum absolute atomic E-state index is 12.0. The van der Waals surface area contributed by atoms with E-state index < -0.39 is 0 Å². The fourth-order valence-electron chi connectivity index (χ4n) is 2.07. The third kappa shape index (κ3) is 4.13. The summed E-state index contributed by atoms with van der Waals surface area (Å²) in [7, 11) is 0. The number of hydrogen-bond donors (Lipinski definition) is 1. The minimum Gasteiger partial charge on any atom is -0.456 e. The minimum absolute atomic E-state index is 0.0478. The number of rotatable bonds is 5. The van der Waals surface area contributed by atoms with Crippen LogP contribution in [0.25, 0.3) is 0 Å². The van der Waals surface area contributed by atoms with Gasteiger partial charge in [-0.3, -0.25) is 9.36 Å². The number of benzene rings is 2. The van der Waals surface area contributed by atoms with Crippen molar-refractivity contribution in [2.24, 2.45) is 0 Å². The molecule has 0 aliphatic rings. The highest BCUT2D eigenvalue weighted by molar-refractivity contribution is 6.32. The maximum atomic E-state index is 12.0. The fourth-order valence-corrected chi connectivity index (χ4v) is 2.25. The lowest BCUT2D eigenvalue weighted by Gasteiger charge is -2.09. The van der Waals surface area contributed by atoms with E-state index in [2.05, 4.69) is 15.5 Å². The molecule has 0 spiro atoms. The molecule has 3 aromatic rings. The maximum Gasteiger partial charge on any atom is 0.244 e. The number of halogens is 1. The SMILES string of the molecule is N#Cc1nncn1CC(=O)Nc1ccc(Oc2ccccc2Cl)cc1. The van der Waals surface area contributed by atoms with Crippen molar-refractivity contribution >= 4 is 23.2 Å². The third-order valence-electron chi connectivity index (χ3n) is 3.23. The third-order valence-corrected chi connectivity index (χ3v) is 3.54. The van der Waals surface area contributed by atoms with E-state index in [1.54, 1.807) is 36.4 Å². The second-order valence-electron chi connectivity index (χ2n) is 5.00. The van der Waals surface area contributed by atoms with Gasteiger partial charge in [0, 0.05) is 5.69 Å². The average molecular weight is 354 g/mol. The molecule has 0 fully saturated rings. The number of hydrogen-bond acceptors (Lipinski definition) is 5. The molecular formula is C17H12ClN5O2. The first-order valence-electron chi connectivity index (χ1n) is 7.26. The lowest BCUT2D eigenvalue weighted by molar-refractivity contribution is -0.116. The number of anilines is 1. The van der Waals surface area contributed by atoms with E-state index >= 15 is 0 Å². The predicted molar refractivity (Wildman–Crippen MR) is 91.3 cm³/mol. The van der Waals surface area contributed by atoms with Gasteiger partial charge in [-0.1, -0.05) is 23.7 Å². The van der Waals surface area contributed by atoms with Crippen LogP contribution in [0, 0.1) is 11.3 Å². The van der Waals surface area contributed by atoms with Crippen LogP contribution in [-0.2, 0) is 11.3 Å². The summed E-state index contributed by atoms with van der Waals surface area (Å²) in [5, 5.41) is 19.3. The van der Waals surface area contributed by atoms with Gasteiger partial charge in [-0.25, -0.2) is 0 Å². The molecule has 3 rings (SSSR count). The summed E-state index contributed by atoms with van der Waals surface area (Å²) < 4.78 is 7.05. The monoisotopic (exact) mass is 353 g/mol. The van der Waals surface area contributed by atoms with Crippen molar-refractivity contribution in [1.82, 2.24) is 14.8 Å². The topological polar surface area (TPSA) is 92.8 Å². The Hall–Kier alpha value is -3.37. The normalized spacial score (nSPS) is 10.1. The van der Waals surface area contributed by atoms with Crippen molar-refractivity contribution in [3.05, 3.63) is 65.7 Å². The van der Waals surface area contributed by atoms with E-state index in [1.165, 1.54) is 10.9 Å². The van der Waals surface area contributed by atoms with Gasteiger partial charge in [0.25, 0.3) is 0 Å². The molecule has 2 aromatic carbocycles. The van der Waals surface area contributed by atoms with Crippen molar-refractivity contribution in [2.45, 2.75) is 6.54 Å². The molecule has 0 saturated carbocycles. The highest BCUT2D eigenvalue weighted by atomic mass is 35.5. The minimum atomic E-state index is -0.295. The molecule has 25 heavy (non-hydrogen) atoms. The van der Waals surface area contributed by atoms with Crippen molar-refractivity contribution in [3.63, 3.8) is 0 Å². The summed E-state index contributed by atoms with van der Waals surface area (Å²) in [5.74, 6) is 0.934. The van der Waals surface area contributed by atoms with E-state index in [0.717, 1.165) is 0 Å². The second-order valence-corrected chi connectivity index (χ2v) is 5.41. The first-order chi connectivity index (χ1) is 12.2. The molecule has 8 heteroatoms. The number of nitriles is 1. The molecule has 124 valence electrons. The predicted octanol–water partition coefficient (Wildman–Crippen LogP) is 3.23. The van der Waals surface area contributed by atoms with Crippen molar-refractivity contribution in [3.8, 4) is 17.6 Å². The molecule has 1 heterocycles. The lowest BCUT2D eigenvalue weighted by Crippen LogP contribution is -2.19. The Labute approximate surface area is 148 Å². The Balaban J connectivity index is 1.62. The van der Waals surface area contributed by atoms with E-state index in [0.29, 0.717) is 22.2 Å². The van der Waals surface area contributed by atoms with Crippen LogP contribution in [0.1, 0.15) is 5.82 Å². The molecule has 0 radical (unpaired) electrons. The second kappa shape index (κ2) is 7.47. The van der Waals surface area contributed by atoms with Gasteiger partial charge in [0.2, 0.25) is 11.7 Å². The lowest BCUT2D eigenvalue weighted by atomic mass is 10.3. The standard InChI is InChI=1S/C17H12ClN5O2/c18-14-3-1-2-4-15(14)25-13-7-5-12(6-8-13)21-17(24)10-23-11-20-22-16(23)9-19/h1-8,11H,10H2,(H,21,24). The van der Waals surface area contributed by atoms with Gasteiger partial charge in [-0.2, -0.15) is 5.26 Å². The van der Waals surface area contributed by atoms with Crippen LogP contribution in [0.15, 0.2) is 54.9 Å². The average Bonchev–Trinajstić information content (AvgIpc) is 3.05. The Morgan fingerprint density at radius 3 is 2.72 bits per heavy atom. The molecule has 0 aliphatic carbocycles. The largest absolute Gasteiger partial charge is 0.456 e. The molecule has 0 aliphatic heterocycles. The Morgan fingerprint density at radius 2 is 2.00 bits per heavy atom. The summed E-state index contributed by atoms with van der Waals surface area (Å²) in [4.78, 5) is 12.0. The number of para-hydroxylation sites is 1. The van der Waals surface area contributed by atoms with Crippen molar-refractivity contribution < 1.29 is 9.53 Å². The summed E-state index contributed by atoms with van der Waals surface area (Å²) in [6, 6.07) is 15.9. The Kier molecular flexibility index (Phi) is 4.92. The number of carbonyl (C=O) groups is 1. The number of carbonyl (C=O) groups excluding carboxylic acids is 1.